The lowest BCUT2D eigenvalue weighted by Gasteiger charge is -1.99. The molecule has 0 radical (unpaired) electrons. The molecule has 0 bridgehead atoms. The summed E-state index contributed by atoms with van der Waals surface area (Å²) in [5, 5.41) is 8.93. The van der Waals surface area contributed by atoms with Crippen molar-refractivity contribution in [2.24, 2.45) is 0 Å². The summed E-state index contributed by atoms with van der Waals surface area (Å²) in [5.74, 6) is 0.529. The van der Waals surface area contributed by atoms with Crippen LogP contribution in [0.2, 0.25) is 0 Å². The Morgan fingerprint density at radius 1 is 1.19 bits per heavy atom. The smallest absolute Gasteiger partial charge is 0.279 e. The first kappa shape index (κ1) is 16.6. The van der Waals surface area contributed by atoms with Crippen LogP contribution in [0.3, 0.4) is 0 Å². The molecule has 26 heavy (non-hydrogen) atoms. The van der Waals surface area contributed by atoms with Gasteiger partial charge in [0, 0.05) is 21.9 Å². The largest absolute Gasteiger partial charge is 0.461 e. The average Bonchev–Trinajstić information content (AvgIpc) is 3.41. The molecule has 0 fully saturated rings. The maximum absolute atomic E-state index is 12.3. The van der Waals surface area contributed by atoms with Gasteiger partial charge in [0.1, 0.15) is 0 Å². The number of hydrogen-bond donors (Lipinski definition) is 1. The summed E-state index contributed by atoms with van der Waals surface area (Å²) in [6, 6.07) is 13.1. The van der Waals surface area contributed by atoms with Crippen LogP contribution in [0.15, 0.2) is 67.9 Å². The van der Waals surface area contributed by atoms with E-state index in [0.29, 0.717) is 16.7 Å². The molecule has 4 aromatic rings. The molecule has 0 spiro atoms. The standard InChI is InChI=1S/C18H13N3O3S2/c1-25-12-6-4-11(5-7-12)14-10-26-18(19-14)20-17(22)13-9-16(24-21-13)15-3-2-8-23-15/h2-10H,1H3,(H,19,20,22). The molecule has 8 heteroatoms. The molecule has 3 heterocycles. The number of amides is 1. The van der Waals surface area contributed by atoms with Crippen molar-refractivity contribution in [1.82, 2.24) is 10.1 Å². The monoisotopic (exact) mass is 383 g/mol. The molecule has 3 aromatic heterocycles. The SMILES string of the molecule is CSc1ccc(-c2csc(NC(=O)c3cc(-c4ccco4)on3)n2)cc1. The van der Waals surface area contributed by atoms with Gasteiger partial charge in [0.15, 0.2) is 16.6 Å². The van der Waals surface area contributed by atoms with E-state index >= 15 is 0 Å². The fourth-order valence-corrected chi connectivity index (χ4v) is 3.43. The summed E-state index contributed by atoms with van der Waals surface area (Å²) in [7, 11) is 0. The van der Waals surface area contributed by atoms with Crippen LogP contribution < -0.4 is 5.32 Å². The van der Waals surface area contributed by atoms with Gasteiger partial charge in [-0.2, -0.15) is 0 Å². The summed E-state index contributed by atoms with van der Waals surface area (Å²) >= 11 is 3.04. The van der Waals surface area contributed by atoms with E-state index in [1.165, 1.54) is 28.6 Å². The second kappa shape index (κ2) is 7.19. The summed E-state index contributed by atoms with van der Waals surface area (Å²) in [6.45, 7) is 0. The van der Waals surface area contributed by atoms with Crippen molar-refractivity contribution in [2.45, 2.75) is 4.90 Å². The first-order valence-electron chi connectivity index (χ1n) is 7.65. The van der Waals surface area contributed by atoms with Gasteiger partial charge in [0.05, 0.1) is 12.0 Å². The maximum Gasteiger partial charge on any atom is 0.279 e. The average molecular weight is 383 g/mol. The number of carbonyl (C=O) groups is 1. The van der Waals surface area contributed by atoms with Crippen LogP contribution in [0.5, 0.6) is 0 Å². The quantitative estimate of drug-likeness (QED) is 0.487. The number of carbonyl (C=O) groups excluding carboxylic acids is 1. The summed E-state index contributed by atoms with van der Waals surface area (Å²) in [4.78, 5) is 18.0. The molecule has 0 aliphatic heterocycles. The van der Waals surface area contributed by atoms with Gasteiger partial charge >= 0.3 is 0 Å². The second-order valence-corrected chi connectivity index (χ2v) is 7.01. The van der Waals surface area contributed by atoms with Gasteiger partial charge in [-0.3, -0.25) is 10.1 Å². The number of aromatic nitrogens is 2. The zero-order valence-electron chi connectivity index (χ0n) is 13.6. The Morgan fingerprint density at radius 2 is 2.04 bits per heavy atom. The Hall–Kier alpha value is -2.84. The molecular weight excluding hydrogens is 370 g/mol. The molecule has 1 aromatic carbocycles. The van der Waals surface area contributed by atoms with Crippen molar-refractivity contribution in [3.05, 3.63) is 59.8 Å². The molecule has 0 aliphatic carbocycles. The molecule has 6 nitrogen and oxygen atoms in total. The minimum Gasteiger partial charge on any atom is -0.461 e. The highest BCUT2D eigenvalue weighted by Gasteiger charge is 2.16. The van der Waals surface area contributed by atoms with Crippen molar-refractivity contribution >= 4 is 34.1 Å². The molecule has 4 rings (SSSR count). The third kappa shape index (κ3) is 3.42. The van der Waals surface area contributed by atoms with Gasteiger partial charge in [-0.1, -0.05) is 17.3 Å². The number of thioether (sulfide) groups is 1. The Balaban J connectivity index is 1.47. The summed E-state index contributed by atoms with van der Waals surface area (Å²) < 4.78 is 10.4. The second-order valence-electron chi connectivity index (χ2n) is 5.27. The van der Waals surface area contributed by atoms with E-state index in [2.05, 4.69) is 15.5 Å². The van der Waals surface area contributed by atoms with Crippen molar-refractivity contribution in [2.75, 3.05) is 11.6 Å². The van der Waals surface area contributed by atoms with Gasteiger partial charge in [-0.15, -0.1) is 23.1 Å². The van der Waals surface area contributed by atoms with Gasteiger partial charge < -0.3 is 8.94 Å². The van der Waals surface area contributed by atoms with Crippen LogP contribution in [0.1, 0.15) is 10.5 Å². The minimum absolute atomic E-state index is 0.164. The van der Waals surface area contributed by atoms with Crippen LogP contribution in [0.4, 0.5) is 5.13 Å². The fourth-order valence-electron chi connectivity index (χ4n) is 2.30. The zero-order valence-corrected chi connectivity index (χ0v) is 15.3. The Labute approximate surface area is 157 Å². The van der Waals surface area contributed by atoms with E-state index in [9.17, 15) is 4.79 Å². The van der Waals surface area contributed by atoms with Crippen LogP contribution in [0.25, 0.3) is 22.8 Å². The third-order valence-corrected chi connectivity index (χ3v) is 5.12. The van der Waals surface area contributed by atoms with E-state index in [0.717, 1.165) is 11.3 Å². The summed E-state index contributed by atoms with van der Waals surface area (Å²) in [6.07, 6.45) is 3.56. The van der Waals surface area contributed by atoms with Crippen molar-refractivity contribution in [3.8, 4) is 22.8 Å². The number of hydrogen-bond acceptors (Lipinski definition) is 7. The van der Waals surface area contributed by atoms with Crippen LogP contribution in [-0.4, -0.2) is 22.3 Å². The van der Waals surface area contributed by atoms with Gasteiger partial charge in [-0.25, -0.2) is 4.98 Å². The van der Waals surface area contributed by atoms with Crippen LogP contribution in [-0.2, 0) is 0 Å². The first-order chi connectivity index (χ1) is 12.7. The molecule has 0 saturated heterocycles. The topological polar surface area (TPSA) is 81.2 Å². The van der Waals surface area contributed by atoms with Gasteiger partial charge in [0.2, 0.25) is 5.76 Å². The third-order valence-electron chi connectivity index (χ3n) is 3.62. The molecule has 1 amide bonds. The fraction of sp³-hybridized carbons (Fsp3) is 0.0556. The van der Waals surface area contributed by atoms with Crippen molar-refractivity contribution < 1.29 is 13.7 Å². The molecule has 1 N–H and O–H groups in total. The maximum atomic E-state index is 12.3. The highest BCUT2D eigenvalue weighted by Crippen LogP contribution is 2.27. The van der Waals surface area contributed by atoms with E-state index in [1.54, 1.807) is 23.9 Å². The highest BCUT2D eigenvalue weighted by atomic mass is 32.2. The van der Waals surface area contributed by atoms with Gasteiger partial charge in [0.25, 0.3) is 5.91 Å². The Kier molecular flexibility index (Phi) is 4.59. The number of benzene rings is 1. The number of nitrogens with zero attached hydrogens (tertiary/aromatic N) is 2. The molecular formula is C18H13N3O3S2. The number of rotatable bonds is 5. The molecule has 0 unspecified atom stereocenters. The lowest BCUT2D eigenvalue weighted by atomic mass is 10.2. The lowest BCUT2D eigenvalue weighted by Crippen LogP contribution is -2.11. The Morgan fingerprint density at radius 3 is 2.77 bits per heavy atom. The molecule has 130 valence electrons. The number of furan rings is 1. The van der Waals surface area contributed by atoms with E-state index in [1.807, 2.05) is 35.9 Å². The number of nitrogens with one attached hydrogen (secondary N) is 1. The molecule has 0 atom stereocenters. The van der Waals surface area contributed by atoms with Crippen LogP contribution >= 0.6 is 23.1 Å². The Bertz CT molecular complexity index is 1020. The minimum atomic E-state index is -0.384. The van der Waals surface area contributed by atoms with Crippen LogP contribution in [0, 0.1) is 0 Å². The van der Waals surface area contributed by atoms with Crippen molar-refractivity contribution in [1.29, 1.82) is 0 Å². The molecule has 0 saturated carbocycles. The van der Waals surface area contributed by atoms with E-state index < -0.39 is 0 Å². The predicted octanol–water partition coefficient (Wildman–Crippen LogP) is 5.03. The number of thiazole rings is 1. The normalized spacial score (nSPS) is 10.8. The highest BCUT2D eigenvalue weighted by molar-refractivity contribution is 7.98. The zero-order chi connectivity index (χ0) is 17.9. The summed E-state index contributed by atoms with van der Waals surface area (Å²) in [5.41, 5.74) is 1.98. The predicted molar refractivity (Wildman–Crippen MR) is 101 cm³/mol. The van der Waals surface area contributed by atoms with Gasteiger partial charge in [-0.05, 0) is 30.5 Å². The number of anilines is 1. The lowest BCUT2D eigenvalue weighted by molar-refractivity contribution is 0.101. The van der Waals surface area contributed by atoms with Crippen molar-refractivity contribution in [3.63, 3.8) is 0 Å². The molecule has 0 aliphatic rings. The first-order valence-corrected chi connectivity index (χ1v) is 9.75. The van der Waals surface area contributed by atoms with E-state index in [4.69, 9.17) is 8.94 Å². The van der Waals surface area contributed by atoms with E-state index in [-0.39, 0.29) is 11.6 Å².